The molecule has 18 heavy (non-hydrogen) atoms. The topological polar surface area (TPSA) is 9.23 Å². The third-order valence-electron chi connectivity index (χ3n) is 4.85. The Morgan fingerprint density at radius 1 is 1.00 bits per heavy atom. The molecule has 0 aromatic rings. The normalized spacial score (nSPS) is 23.0. The van der Waals surface area contributed by atoms with E-state index in [0.29, 0.717) is 12.8 Å². The predicted molar refractivity (Wildman–Crippen MR) is 79.9 cm³/mol. The summed E-state index contributed by atoms with van der Waals surface area (Å²) in [5.74, 6) is 3.42. The SMILES string of the molecule is C/C=C(/OB(C1CCCC1)C1CCCC1)C(C)C. The van der Waals surface area contributed by atoms with Gasteiger partial charge in [-0.3, -0.25) is 0 Å². The first-order chi connectivity index (χ1) is 8.72. The van der Waals surface area contributed by atoms with E-state index in [2.05, 4.69) is 26.8 Å². The lowest BCUT2D eigenvalue weighted by Crippen LogP contribution is -2.29. The van der Waals surface area contributed by atoms with Gasteiger partial charge in [-0.2, -0.15) is 0 Å². The second kappa shape index (κ2) is 6.68. The summed E-state index contributed by atoms with van der Waals surface area (Å²) < 4.78 is 6.49. The molecule has 0 amide bonds. The Kier molecular flexibility index (Phi) is 5.20. The van der Waals surface area contributed by atoms with Crippen LogP contribution in [0.2, 0.25) is 11.6 Å². The highest BCUT2D eigenvalue weighted by Gasteiger charge is 2.40. The molecule has 2 heteroatoms. The highest BCUT2D eigenvalue weighted by molar-refractivity contribution is 6.55. The van der Waals surface area contributed by atoms with E-state index in [1.807, 2.05) is 0 Å². The van der Waals surface area contributed by atoms with Gasteiger partial charge in [-0.05, 0) is 18.6 Å². The Morgan fingerprint density at radius 2 is 1.44 bits per heavy atom. The van der Waals surface area contributed by atoms with Crippen LogP contribution in [-0.2, 0) is 4.65 Å². The first-order valence-electron chi connectivity index (χ1n) is 8.05. The maximum Gasteiger partial charge on any atom is 0.363 e. The lowest BCUT2D eigenvalue weighted by molar-refractivity contribution is 0.350. The van der Waals surface area contributed by atoms with Crippen molar-refractivity contribution in [1.82, 2.24) is 0 Å². The molecule has 2 saturated carbocycles. The highest BCUT2D eigenvalue weighted by atomic mass is 16.4. The van der Waals surface area contributed by atoms with Gasteiger partial charge in [-0.15, -0.1) is 0 Å². The Hall–Kier alpha value is -0.395. The predicted octanol–water partition coefficient (Wildman–Crippen LogP) is 5.44. The summed E-state index contributed by atoms with van der Waals surface area (Å²) in [6.07, 6.45) is 13.5. The maximum absolute atomic E-state index is 6.49. The van der Waals surface area contributed by atoms with Gasteiger partial charge in [-0.1, -0.05) is 71.3 Å². The first-order valence-corrected chi connectivity index (χ1v) is 8.05. The van der Waals surface area contributed by atoms with Crippen LogP contribution in [0, 0.1) is 5.92 Å². The number of allylic oxidation sites excluding steroid dienone is 2. The van der Waals surface area contributed by atoms with Crippen LogP contribution in [0.1, 0.15) is 72.1 Å². The van der Waals surface area contributed by atoms with Gasteiger partial charge in [0.15, 0.2) is 0 Å². The van der Waals surface area contributed by atoms with Gasteiger partial charge in [0, 0.05) is 5.92 Å². The maximum atomic E-state index is 6.49. The van der Waals surface area contributed by atoms with Gasteiger partial charge in [0.2, 0.25) is 0 Å². The Labute approximate surface area is 113 Å². The average Bonchev–Trinajstić information content (AvgIpc) is 3.02. The van der Waals surface area contributed by atoms with Gasteiger partial charge in [0.05, 0.1) is 5.76 Å². The molecule has 0 heterocycles. The minimum Gasteiger partial charge on any atom is -0.563 e. The van der Waals surface area contributed by atoms with Crippen LogP contribution in [0.25, 0.3) is 0 Å². The fraction of sp³-hybridized carbons (Fsp3) is 0.875. The van der Waals surface area contributed by atoms with E-state index < -0.39 is 0 Å². The van der Waals surface area contributed by atoms with Crippen molar-refractivity contribution in [2.24, 2.45) is 5.92 Å². The molecule has 0 bridgehead atoms. The van der Waals surface area contributed by atoms with Gasteiger partial charge in [-0.25, -0.2) is 0 Å². The standard InChI is InChI=1S/C16H29BO/c1-4-16(13(2)3)18-17(14-9-5-6-10-14)15-11-7-8-12-15/h4,13-15H,5-12H2,1-3H3/b16-4+. The lowest BCUT2D eigenvalue weighted by Gasteiger charge is -2.28. The fourth-order valence-electron chi connectivity index (χ4n) is 3.84. The molecule has 2 rings (SSSR count). The van der Waals surface area contributed by atoms with Crippen molar-refractivity contribution in [3.05, 3.63) is 11.8 Å². The van der Waals surface area contributed by atoms with E-state index in [1.54, 1.807) is 0 Å². The minimum atomic E-state index is 0.517. The monoisotopic (exact) mass is 248 g/mol. The smallest absolute Gasteiger partial charge is 0.363 e. The molecule has 0 spiro atoms. The van der Waals surface area contributed by atoms with Crippen LogP contribution >= 0.6 is 0 Å². The Balaban J connectivity index is 2.03. The van der Waals surface area contributed by atoms with Crippen molar-refractivity contribution in [1.29, 1.82) is 0 Å². The quantitative estimate of drug-likeness (QED) is 0.464. The molecule has 0 unspecified atom stereocenters. The summed E-state index contributed by atoms with van der Waals surface area (Å²) in [7, 11) is 0. The number of rotatable bonds is 5. The molecular formula is C16H29BO. The summed E-state index contributed by atoms with van der Waals surface area (Å²) in [5.41, 5.74) is 0. The number of hydrogen-bond acceptors (Lipinski definition) is 1. The third kappa shape index (κ3) is 3.33. The van der Waals surface area contributed by atoms with Crippen molar-refractivity contribution >= 4 is 6.92 Å². The van der Waals surface area contributed by atoms with E-state index in [0.717, 1.165) is 11.6 Å². The van der Waals surface area contributed by atoms with E-state index in [9.17, 15) is 0 Å². The Morgan fingerprint density at radius 3 is 1.78 bits per heavy atom. The summed E-state index contributed by atoms with van der Waals surface area (Å²) >= 11 is 0. The third-order valence-corrected chi connectivity index (χ3v) is 4.85. The fourth-order valence-corrected chi connectivity index (χ4v) is 3.84. The zero-order chi connectivity index (χ0) is 13.0. The summed E-state index contributed by atoms with van der Waals surface area (Å²) in [6.45, 7) is 7.13. The molecule has 2 aliphatic carbocycles. The molecule has 0 aromatic heterocycles. The zero-order valence-electron chi connectivity index (χ0n) is 12.5. The molecule has 102 valence electrons. The zero-order valence-corrected chi connectivity index (χ0v) is 12.5. The van der Waals surface area contributed by atoms with E-state index in [1.165, 1.54) is 57.1 Å². The summed E-state index contributed by atoms with van der Waals surface area (Å²) in [5, 5.41) is 0. The van der Waals surface area contributed by atoms with Crippen molar-refractivity contribution in [3.63, 3.8) is 0 Å². The van der Waals surface area contributed by atoms with Crippen LogP contribution in [0.15, 0.2) is 11.8 Å². The van der Waals surface area contributed by atoms with Gasteiger partial charge < -0.3 is 4.65 Å². The molecule has 2 aliphatic rings. The second-order valence-corrected chi connectivity index (χ2v) is 6.52. The van der Waals surface area contributed by atoms with Crippen LogP contribution in [0.4, 0.5) is 0 Å². The molecule has 0 radical (unpaired) electrons. The highest BCUT2D eigenvalue weighted by Crippen LogP contribution is 2.44. The largest absolute Gasteiger partial charge is 0.563 e. The van der Waals surface area contributed by atoms with Crippen molar-refractivity contribution in [2.75, 3.05) is 0 Å². The molecule has 0 aliphatic heterocycles. The van der Waals surface area contributed by atoms with E-state index in [-0.39, 0.29) is 0 Å². The Bertz CT molecular complexity index is 257. The summed E-state index contributed by atoms with van der Waals surface area (Å²) in [6, 6.07) is 0. The van der Waals surface area contributed by atoms with Crippen molar-refractivity contribution in [3.8, 4) is 0 Å². The molecule has 0 atom stereocenters. The van der Waals surface area contributed by atoms with Gasteiger partial charge in [0.25, 0.3) is 0 Å². The van der Waals surface area contributed by atoms with Crippen molar-refractivity contribution < 1.29 is 4.65 Å². The number of hydrogen-bond donors (Lipinski definition) is 0. The molecular weight excluding hydrogens is 219 g/mol. The van der Waals surface area contributed by atoms with E-state index in [4.69, 9.17) is 4.65 Å². The molecule has 2 fully saturated rings. The van der Waals surface area contributed by atoms with Crippen molar-refractivity contribution in [2.45, 2.75) is 83.8 Å². The van der Waals surface area contributed by atoms with Crippen LogP contribution in [0.5, 0.6) is 0 Å². The molecule has 0 aromatic carbocycles. The summed E-state index contributed by atoms with van der Waals surface area (Å²) in [4.78, 5) is 0. The van der Waals surface area contributed by atoms with Gasteiger partial charge >= 0.3 is 6.92 Å². The van der Waals surface area contributed by atoms with Crippen LogP contribution < -0.4 is 0 Å². The van der Waals surface area contributed by atoms with E-state index >= 15 is 0 Å². The van der Waals surface area contributed by atoms with Crippen LogP contribution in [0.3, 0.4) is 0 Å². The molecule has 0 N–H and O–H groups in total. The minimum absolute atomic E-state index is 0.517. The average molecular weight is 248 g/mol. The second-order valence-electron chi connectivity index (χ2n) is 6.52. The van der Waals surface area contributed by atoms with Crippen LogP contribution in [-0.4, -0.2) is 6.92 Å². The lowest BCUT2D eigenvalue weighted by atomic mass is 9.45. The van der Waals surface area contributed by atoms with Gasteiger partial charge in [0.1, 0.15) is 0 Å². The molecule has 1 nitrogen and oxygen atoms in total. The molecule has 0 saturated heterocycles. The first kappa shape index (κ1) is 14.0.